The molecule has 2 heterocycles. The van der Waals surface area contributed by atoms with Crippen LogP contribution in [0.3, 0.4) is 0 Å². The molecule has 0 radical (unpaired) electrons. The molecule has 4 atom stereocenters. The number of alkyl halides is 1. The van der Waals surface area contributed by atoms with Gasteiger partial charge < -0.3 is 19.6 Å². The Morgan fingerprint density at radius 1 is 0.933 bits per heavy atom. The average Bonchev–Trinajstić information content (AvgIpc) is 3.32. The number of rotatable bonds is 10. The van der Waals surface area contributed by atoms with Crippen LogP contribution in [0, 0.1) is 0 Å². The molecular weight excluding hydrogens is 587 g/mol. The van der Waals surface area contributed by atoms with Gasteiger partial charge in [-0.3, -0.25) is 9.88 Å². The molecule has 3 aromatic carbocycles. The van der Waals surface area contributed by atoms with E-state index >= 15 is 4.39 Å². The number of nitrogens with two attached hydrogens (primary N) is 1. The van der Waals surface area contributed by atoms with Crippen molar-refractivity contribution in [2.24, 2.45) is 0 Å². The van der Waals surface area contributed by atoms with Crippen LogP contribution in [0.15, 0.2) is 102 Å². The molecule has 1 aliphatic heterocycles. The molecule has 5 rings (SSSR count). The van der Waals surface area contributed by atoms with E-state index in [0.29, 0.717) is 0 Å². The van der Waals surface area contributed by atoms with Crippen LogP contribution in [0.1, 0.15) is 43.7 Å². The number of nitrogens with zero attached hydrogens (tertiary/aromatic N) is 2. The van der Waals surface area contributed by atoms with Crippen LogP contribution >= 0.6 is 0 Å². The van der Waals surface area contributed by atoms with Gasteiger partial charge >= 0.3 is 5.69 Å². The summed E-state index contributed by atoms with van der Waals surface area (Å²) < 4.78 is 36.4. The first kappa shape index (κ1) is 32.6. The van der Waals surface area contributed by atoms with Crippen molar-refractivity contribution < 1.29 is 18.3 Å². The molecule has 0 bridgehead atoms. The molecule has 0 aliphatic carbocycles. The van der Waals surface area contributed by atoms with E-state index < -0.39 is 44.2 Å². The van der Waals surface area contributed by atoms with E-state index in [4.69, 9.17) is 19.6 Å². The van der Waals surface area contributed by atoms with Gasteiger partial charge in [0.1, 0.15) is 23.8 Å². The van der Waals surface area contributed by atoms with E-state index in [-0.39, 0.29) is 17.4 Å². The van der Waals surface area contributed by atoms with Crippen molar-refractivity contribution in [3.8, 4) is 5.75 Å². The van der Waals surface area contributed by atoms with Crippen LogP contribution < -0.4 is 21.5 Å². The summed E-state index contributed by atoms with van der Waals surface area (Å²) in [5.41, 5.74) is 7.16. The first-order chi connectivity index (χ1) is 21.4. The largest absolute Gasteiger partial charge is 0.497 e. The Bertz CT molecular complexity index is 1590. The number of halogens is 1. The minimum absolute atomic E-state index is 0.0620. The monoisotopic (exact) mass is 630 g/mol. The van der Waals surface area contributed by atoms with Gasteiger partial charge in [-0.1, -0.05) is 93.6 Å². The molecule has 10 heteroatoms. The first-order valence-corrected chi connectivity index (χ1v) is 18.1. The fourth-order valence-corrected chi connectivity index (χ4v) is 6.95. The standard InChI is InChI=1S/C35H43FN4O4Si/c1-34(2,3)45(5,6)44-31-28(43-32(30(31)36)40-22-21-29(37)39-33(40)41)23-38-35(24-13-9-7-10-14-24,25-15-11-8-12-16-25)26-17-19-27(42-4)20-18-26/h7-22,28,30-32,38H,23H2,1-6H3,(H2,37,39,41)/t28-,30-,31-,32-/m1/s1. The molecule has 3 N–H and O–H groups in total. The third-order valence-electron chi connectivity index (χ3n) is 9.13. The molecule has 0 saturated carbocycles. The SMILES string of the molecule is COc1ccc(C(NC[C@H]2O[C@@H](n3ccc(N)nc3=O)[C@H](F)[C@@H]2O[Si](C)(C)C(C)(C)C)(c2ccccc2)c2ccccc2)cc1. The zero-order chi connectivity index (χ0) is 32.4. The van der Waals surface area contributed by atoms with Crippen LogP contribution in [0.5, 0.6) is 5.75 Å². The summed E-state index contributed by atoms with van der Waals surface area (Å²) >= 11 is 0. The number of aromatic nitrogens is 2. The van der Waals surface area contributed by atoms with E-state index in [9.17, 15) is 4.79 Å². The summed E-state index contributed by atoms with van der Waals surface area (Å²) in [6.45, 7) is 10.7. The predicted octanol–water partition coefficient (Wildman–Crippen LogP) is 6.04. The molecule has 4 aromatic rings. The highest BCUT2D eigenvalue weighted by atomic mass is 28.4. The highest BCUT2D eigenvalue weighted by molar-refractivity contribution is 6.74. The number of hydrogen-bond donors (Lipinski definition) is 2. The van der Waals surface area contributed by atoms with Gasteiger partial charge in [-0.05, 0) is 53.0 Å². The van der Waals surface area contributed by atoms with E-state index in [2.05, 4.69) is 68.4 Å². The van der Waals surface area contributed by atoms with Gasteiger partial charge in [-0.25, -0.2) is 9.18 Å². The van der Waals surface area contributed by atoms with Crippen LogP contribution in [-0.4, -0.2) is 49.9 Å². The Kier molecular flexibility index (Phi) is 9.32. The van der Waals surface area contributed by atoms with Crippen LogP contribution in [0.25, 0.3) is 0 Å². The summed E-state index contributed by atoms with van der Waals surface area (Å²) in [4.78, 5) is 16.6. The van der Waals surface area contributed by atoms with Gasteiger partial charge in [0.05, 0.1) is 12.6 Å². The molecule has 1 aromatic heterocycles. The topological polar surface area (TPSA) is 101 Å². The summed E-state index contributed by atoms with van der Waals surface area (Å²) in [6.07, 6.45) is -3.10. The molecule has 0 spiro atoms. The lowest BCUT2D eigenvalue weighted by atomic mass is 9.77. The quantitative estimate of drug-likeness (QED) is 0.163. The molecule has 45 heavy (non-hydrogen) atoms. The van der Waals surface area contributed by atoms with Crippen LogP contribution in [0.2, 0.25) is 18.1 Å². The van der Waals surface area contributed by atoms with Crippen molar-refractivity contribution in [1.82, 2.24) is 14.9 Å². The normalized spacial score (nSPS) is 20.7. The minimum Gasteiger partial charge on any atom is -0.497 e. The van der Waals surface area contributed by atoms with Gasteiger partial charge in [0.15, 0.2) is 20.7 Å². The highest BCUT2D eigenvalue weighted by Crippen LogP contribution is 2.43. The maximum absolute atomic E-state index is 16.6. The predicted molar refractivity (Wildman–Crippen MR) is 178 cm³/mol. The minimum atomic E-state index is -2.47. The van der Waals surface area contributed by atoms with Crippen LogP contribution in [-0.2, 0) is 14.7 Å². The van der Waals surface area contributed by atoms with Crippen molar-refractivity contribution in [2.45, 2.75) is 69.0 Å². The molecule has 1 aliphatic rings. The van der Waals surface area contributed by atoms with Crippen molar-refractivity contribution in [3.63, 3.8) is 0 Å². The molecule has 0 unspecified atom stereocenters. The van der Waals surface area contributed by atoms with E-state index in [0.717, 1.165) is 27.0 Å². The Morgan fingerprint density at radius 3 is 2.00 bits per heavy atom. The highest BCUT2D eigenvalue weighted by Gasteiger charge is 2.52. The molecule has 0 amide bonds. The summed E-state index contributed by atoms with van der Waals surface area (Å²) in [7, 11) is -0.829. The van der Waals surface area contributed by atoms with Crippen molar-refractivity contribution >= 4 is 14.1 Å². The Hall–Kier alpha value is -3.83. The van der Waals surface area contributed by atoms with Gasteiger partial charge in [0.25, 0.3) is 0 Å². The number of benzene rings is 3. The molecule has 1 fully saturated rings. The average molecular weight is 631 g/mol. The van der Waals surface area contributed by atoms with Gasteiger partial charge in [0, 0.05) is 12.7 Å². The number of hydrogen-bond acceptors (Lipinski definition) is 7. The molecule has 8 nitrogen and oxygen atoms in total. The summed E-state index contributed by atoms with van der Waals surface area (Å²) in [5.74, 6) is 0.799. The second-order valence-corrected chi connectivity index (χ2v) is 17.7. The fourth-order valence-electron chi connectivity index (χ4n) is 5.64. The number of nitrogens with one attached hydrogen (secondary N) is 1. The maximum atomic E-state index is 16.6. The summed E-state index contributed by atoms with van der Waals surface area (Å²) in [5, 5.41) is 3.64. The maximum Gasteiger partial charge on any atom is 0.351 e. The van der Waals surface area contributed by atoms with Crippen molar-refractivity contribution in [3.05, 3.63) is 124 Å². The Morgan fingerprint density at radius 2 is 1.49 bits per heavy atom. The van der Waals surface area contributed by atoms with Crippen LogP contribution in [0.4, 0.5) is 10.2 Å². The third-order valence-corrected chi connectivity index (χ3v) is 13.6. The molecule has 1 saturated heterocycles. The number of anilines is 1. The second kappa shape index (κ2) is 12.9. The first-order valence-electron chi connectivity index (χ1n) is 15.2. The summed E-state index contributed by atoms with van der Waals surface area (Å²) in [6, 6.07) is 29.7. The fraction of sp³-hybridized carbons (Fsp3) is 0.371. The molecular formula is C35H43FN4O4Si. The third kappa shape index (κ3) is 6.46. The smallest absolute Gasteiger partial charge is 0.351 e. The van der Waals surface area contributed by atoms with Crippen molar-refractivity contribution in [1.29, 1.82) is 0 Å². The Labute approximate surface area is 265 Å². The lowest BCUT2D eigenvalue weighted by Gasteiger charge is -2.41. The number of nitrogen functional groups attached to an aromatic ring is 1. The van der Waals surface area contributed by atoms with Gasteiger partial charge in [0.2, 0.25) is 0 Å². The van der Waals surface area contributed by atoms with Gasteiger partial charge in [-0.2, -0.15) is 4.98 Å². The number of ether oxygens (including phenoxy) is 2. The number of methoxy groups -OCH3 is 1. The lowest BCUT2D eigenvalue weighted by molar-refractivity contribution is -0.0266. The second-order valence-electron chi connectivity index (χ2n) is 13.0. The molecule has 238 valence electrons. The van der Waals surface area contributed by atoms with Gasteiger partial charge in [-0.15, -0.1) is 0 Å². The van der Waals surface area contributed by atoms with E-state index in [1.807, 2.05) is 60.7 Å². The van der Waals surface area contributed by atoms with E-state index in [1.165, 1.54) is 12.3 Å². The van der Waals surface area contributed by atoms with Crippen molar-refractivity contribution in [2.75, 3.05) is 19.4 Å². The van der Waals surface area contributed by atoms with E-state index in [1.54, 1.807) is 7.11 Å². The zero-order valence-electron chi connectivity index (χ0n) is 26.7. The lowest BCUT2D eigenvalue weighted by Crippen LogP contribution is -2.53. The Balaban J connectivity index is 1.60. The zero-order valence-corrected chi connectivity index (χ0v) is 27.7.